The van der Waals surface area contributed by atoms with Gasteiger partial charge in [-0.05, 0) is 27.2 Å². The van der Waals surface area contributed by atoms with Crippen LogP contribution in [0, 0.1) is 0 Å². The van der Waals surface area contributed by atoms with Gasteiger partial charge in [0.2, 0.25) is 0 Å². The number of carbonyl (C=O) groups excluding carboxylic acids is 1. The van der Waals surface area contributed by atoms with E-state index in [2.05, 4.69) is 5.32 Å². The summed E-state index contributed by atoms with van der Waals surface area (Å²) in [6.45, 7) is 5.61. The Morgan fingerprint density at radius 1 is 1.44 bits per heavy atom. The average Bonchev–Trinajstić information content (AvgIpc) is 1.98. The van der Waals surface area contributed by atoms with Crippen molar-refractivity contribution in [2.75, 3.05) is 6.54 Å². The van der Waals surface area contributed by atoms with Crippen LogP contribution in [0.4, 0.5) is 4.79 Å². The second-order valence-corrected chi connectivity index (χ2v) is 4.58. The van der Waals surface area contributed by atoms with Crippen LogP contribution in [0.5, 0.6) is 0 Å². The van der Waals surface area contributed by atoms with Gasteiger partial charge in [-0.2, -0.15) is 0 Å². The third-order valence-corrected chi connectivity index (χ3v) is 1.62. The summed E-state index contributed by atoms with van der Waals surface area (Å²) in [7, 11) is 0. The molecule has 0 rings (SSSR count). The molecule has 0 aliphatic rings. The first-order chi connectivity index (χ1) is 7.20. The van der Waals surface area contributed by atoms with Crippen molar-refractivity contribution in [1.82, 2.24) is 5.32 Å². The third kappa shape index (κ3) is 9.26. The van der Waals surface area contributed by atoms with Gasteiger partial charge in [-0.25, -0.2) is 4.79 Å². The number of hydrogen-bond donors (Lipinski definition) is 3. The molecule has 0 radical (unpaired) electrons. The Bertz CT molecular complexity index is 248. The molecule has 0 aliphatic carbocycles. The molecule has 0 saturated carbocycles. The highest BCUT2D eigenvalue weighted by Crippen LogP contribution is 2.06. The summed E-state index contributed by atoms with van der Waals surface area (Å²) in [6.07, 6.45) is -0.211. The molecular formula is C10H20N2O4. The van der Waals surface area contributed by atoms with E-state index in [0.717, 1.165) is 0 Å². The van der Waals surface area contributed by atoms with E-state index in [-0.39, 0.29) is 6.42 Å². The van der Waals surface area contributed by atoms with Crippen molar-refractivity contribution in [3.05, 3.63) is 0 Å². The van der Waals surface area contributed by atoms with Crippen LogP contribution in [-0.2, 0) is 9.53 Å². The predicted molar refractivity (Wildman–Crippen MR) is 59.1 cm³/mol. The van der Waals surface area contributed by atoms with Gasteiger partial charge in [0.1, 0.15) is 5.60 Å². The Morgan fingerprint density at radius 2 is 2.00 bits per heavy atom. The predicted octanol–water partition coefficient (Wildman–Crippen LogP) is 0.703. The van der Waals surface area contributed by atoms with Crippen LogP contribution in [0.15, 0.2) is 0 Å². The number of carboxylic acids is 1. The van der Waals surface area contributed by atoms with Crippen molar-refractivity contribution >= 4 is 12.1 Å². The summed E-state index contributed by atoms with van der Waals surface area (Å²) >= 11 is 0. The summed E-state index contributed by atoms with van der Waals surface area (Å²) < 4.78 is 4.99. The molecule has 0 saturated heterocycles. The molecule has 0 spiro atoms. The van der Waals surface area contributed by atoms with E-state index in [4.69, 9.17) is 15.6 Å². The van der Waals surface area contributed by atoms with Crippen LogP contribution < -0.4 is 11.1 Å². The lowest BCUT2D eigenvalue weighted by Gasteiger charge is -2.20. The Kier molecular flexibility index (Phi) is 5.81. The van der Waals surface area contributed by atoms with E-state index in [0.29, 0.717) is 13.0 Å². The normalized spacial score (nSPS) is 13.0. The minimum atomic E-state index is -0.940. The SMILES string of the molecule is CC(C)(C)OC(=O)NCCC(N)CC(=O)O. The van der Waals surface area contributed by atoms with E-state index in [1.165, 1.54) is 0 Å². The molecule has 1 amide bonds. The molecule has 6 nitrogen and oxygen atoms in total. The van der Waals surface area contributed by atoms with Gasteiger partial charge >= 0.3 is 12.1 Å². The van der Waals surface area contributed by atoms with Crippen LogP contribution >= 0.6 is 0 Å². The monoisotopic (exact) mass is 232 g/mol. The van der Waals surface area contributed by atoms with Crippen LogP contribution in [0.1, 0.15) is 33.6 Å². The van der Waals surface area contributed by atoms with Crippen molar-refractivity contribution in [3.63, 3.8) is 0 Å². The second kappa shape index (κ2) is 6.32. The highest BCUT2D eigenvalue weighted by Gasteiger charge is 2.16. The number of ether oxygens (including phenoxy) is 1. The van der Waals surface area contributed by atoms with Crippen molar-refractivity contribution in [1.29, 1.82) is 0 Å². The van der Waals surface area contributed by atoms with E-state index in [1.807, 2.05) is 0 Å². The zero-order valence-corrected chi connectivity index (χ0v) is 9.95. The van der Waals surface area contributed by atoms with Gasteiger partial charge in [-0.3, -0.25) is 4.79 Å². The summed E-state index contributed by atoms with van der Waals surface area (Å²) in [6, 6.07) is -0.451. The molecule has 0 heterocycles. The van der Waals surface area contributed by atoms with Crippen LogP contribution in [0.25, 0.3) is 0 Å². The molecule has 0 aromatic heterocycles. The standard InChI is InChI=1S/C10H20N2O4/c1-10(2,3)16-9(15)12-5-4-7(11)6-8(13)14/h7H,4-6,11H2,1-3H3,(H,12,15)(H,13,14). The summed E-state index contributed by atoms with van der Waals surface area (Å²) in [5, 5.41) is 11.0. The summed E-state index contributed by atoms with van der Waals surface area (Å²) in [5.74, 6) is -0.940. The van der Waals surface area contributed by atoms with Crippen LogP contribution in [0.2, 0.25) is 0 Å². The fraction of sp³-hybridized carbons (Fsp3) is 0.800. The average molecular weight is 232 g/mol. The molecule has 1 unspecified atom stereocenters. The lowest BCUT2D eigenvalue weighted by molar-refractivity contribution is -0.137. The van der Waals surface area contributed by atoms with Crippen molar-refractivity contribution in [3.8, 4) is 0 Å². The largest absolute Gasteiger partial charge is 0.481 e. The van der Waals surface area contributed by atoms with Gasteiger partial charge in [0.15, 0.2) is 0 Å². The molecular weight excluding hydrogens is 212 g/mol. The maximum Gasteiger partial charge on any atom is 0.407 e. The maximum absolute atomic E-state index is 11.2. The smallest absolute Gasteiger partial charge is 0.407 e. The number of carbonyl (C=O) groups is 2. The highest BCUT2D eigenvalue weighted by atomic mass is 16.6. The first-order valence-electron chi connectivity index (χ1n) is 5.15. The summed E-state index contributed by atoms with van der Waals surface area (Å²) in [5.41, 5.74) is 4.98. The number of nitrogens with two attached hydrogens (primary N) is 1. The molecule has 0 bridgehead atoms. The number of aliphatic carboxylic acids is 1. The van der Waals surface area contributed by atoms with Gasteiger partial charge in [-0.1, -0.05) is 0 Å². The second-order valence-electron chi connectivity index (χ2n) is 4.58. The van der Waals surface area contributed by atoms with Gasteiger partial charge < -0.3 is 20.9 Å². The molecule has 0 fully saturated rings. The van der Waals surface area contributed by atoms with Gasteiger partial charge in [-0.15, -0.1) is 0 Å². The number of nitrogens with one attached hydrogen (secondary N) is 1. The minimum absolute atomic E-state index is 0.101. The number of carboxylic acid groups (broad SMARTS) is 1. The lowest BCUT2D eigenvalue weighted by Crippen LogP contribution is -2.35. The first-order valence-corrected chi connectivity index (χ1v) is 5.15. The minimum Gasteiger partial charge on any atom is -0.481 e. The van der Waals surface area contributed by atoms with Crippen molar-refractivity contribution < 1.29 is 19.4 Å². The summed E-state index contributed by atoms with van der Waals surface area (Å²) in [4.78, 5) is 21.5. The van der Waals surface area contributed by atoms with Gasteiger partial charge in [0, 0.05) is 12.6 Å². The quantitative estimate of drug-likeness (QED) is 0.647. The lowest BCUT2D eigenvalue weighted by atomic mass is 10.1. The Labute approximate surface area is 95.1 Å². The Hall–Kier alpha value is -1.30. The maximum atomic E-state index is 11.2. The van der Waals surface area contributed by atoms with Crippen molar-refractivity contribution in [2.45, 2.75) is 45.3 Å². The molecule has 16 heavy (non-hydrogen) atoms. The van der Waals surface area contributed by atoms with E-state index >= 15 is 0 Å². The topological polar surface area (TPSA) is 102 Å². The van der Waals surface area contributed by atoms with Crippen LogP contribution in [-0.4, -0.2) is 35.4 Å². The number of amides is 1. The molecule has 1 atom stereocenters. The Balaban J connectivity index is 3.66. The van der Waals surface area contributed by atoms with Gasteiger partial charge in [0.05, 0.1) is 6.42 Å². The van der Waals surface area contributed by atoms with E-state index in [9.17, 15) is 9.59 Å². The number of hydrogen-bond acceptors (Lipinski definition) is 4. The zero-order valence-electron chi connectivity index (χ0n) is 9.95. The van der Waals surface area contributed by atoms with Crippen LogP contribution in [0.3, 0.4) is 0 Å². The fourth-order valence-electron chi connectivity index (χ4n) is 1.00. The molecule has 6 heteroatoms. The Morgan fingerprint density at radius 3 is 2.44 bits per heavy atom. The number of alkyl carbamates (subject to hydrolysis) is 1. The molecule has 0 aromatic rings. The molecule has 94 valence electrons. The fourth-order valence-corrected chi connectivity index (χ4v) is 1.00. The highest BCUT2D eigenvalue weighted by molar-refractivity contribution is 5.68. The molecule has 0 aliphatic heterocycles. The van der Waals surface area contributed by atoms with Crippen molar-refractivity contribution in [2.24, 2.45) is 5.73 Å². The zero-order chi connectivity index (χ0) is 12.8. The van der Waals surface area contributed by atoms with E-state index < -0.39 is 23.7 Å². The number of rotatable bonds is 5. The van der Waals surface area contributed by atoms with E-state index in [1.54, 1.807) is 20.8 Å². The molecule has 0 aromatic carbocycles. The molecule has 4 N–H and O–H groups in total. The third-order valence-electron chi connectivity index (χ3n) is 1.62. The first kappa shape index (κ1) is 14.7. The van der Waals surface area contributed by atoms with Gasteiger partial charge in [0.25, 0.3) is 0 Å².